The first-order chi connectivity index (χ1) is 74.3. The molecule has 10 nitrogen and oxygen atoms in total. The molecule has 706 valence electrons. The molecule has 0 N–H and O–H groups in total. The van der Waals surface area contributed by atoms with Gasteiger partial charge in [-0.15, -0.1) is 0 Å². The van der Waals surface area contributed by atoms with E-state index in [4.69, 9.17) is 24.9 Å². The van der Waals surface area contributed by atoms with Crippen LogP contribution in [-0.2, 0) is 0 Å². The largest absolute Gasteiger partial charge is 0.265 e. The number of benzene rings is 20. The Labute approximate surface area is 873 Å². The SMILES string of the molecule is c1ccc(-c2cc(-c3ccccc3)cc(-c3ccc(-c4cccc(-c5cccc(-c6ccnc(-c7ccccc7)n6)c5)c4)cc3)c2)cc1.c1ccc(-c2cc(-c3ccccc3)cc(-c3ccc(-c4cccc(-c5cccc(-c6nc(-c7ccncc7)nc(-c7ccncc7)n6)c5)c4)cc3)c2)cc1.c1ccc(-c2cc(-c3ccccc3)cc(-c3ccc(-c4cccc(-c5cccc(-c6ncnc(-c7ccccc7)n6)c5)c4)cc3)c2)cc1. The van der Waals surface area contributed by atoms with Crippen LogP contribution in [-0.4, -0.2) is 49.8 Å². The Balaban J connectivity index is 0.000000124. The normalized spacial score (nSPS) is 10.9. The van der Waals surface area contributed by atoms with Crippen LogP contribution in [0, 0.1) is 0 Å². The van der Waals surface area contributed by atoms with Crippen LogP contribution in [0.2, 0.25) is 0 Å². The summed E-state index contributed by atoms with van der Waals surface area (Å²) in [6, 6.07) is 192. The molecule has 0 amide bonds. The molecule has 10 heteroatoms. The highest BCUT2D eigenvalue weighted by Gasteiger charge is 2.20. The molecule has 0 fully saturated rings. The van der Waals surface area contributed by atoms with Gasteiger partial charge in [0.15, 0.2) is 34.9 Å². The van der Waals surface area contributed by atoms with Crippen molar-refractivity contribution in [2.45, 2.75) is 0 Å². The van der Waals surface area contributed by atoms with Gasteiger partial charge < -0.3 is 0 Å². The Hall–Kier alpha value is -20.2. The summed E-state index contributed by atoms with van der Waals surface area (Å²) >= 11 is 0. The van der Waals surface area contributed by atoms with E-state index >= 15 is 0 Å². The number of hydrogen-bond donors (Lipinski definition) is 0. The van der Waals surface area contributed by atoms with E-state index in [1.807, 2.05) is 109 Å². The second-order valence-corrected chi connectivity index (χ2v) is 36.7. The summed E-state index contributed by atoms with van der Waals surface area (Å²) in [5.74, 6) is 3.83. The van der Waals surface area contributed by atoms with E-state index in [1.54, 1.807) is 31.1 Å². The molecule has 0 bridgehead atoms. The van der Waals surface area contributed by atoms with Gasteiger partial charge in [-0.1, -0.05) is 425 Å². The second-order valence-electron chi connectivity index (χ2n) is 36.7. The van der Waals surface area contributed by atoms with Gasteiger partial charge in [-0.2, -0.15) is 0 Å². The van der Waals surface area contributed by atoms with Gasteiger partial charge in [0.25, 0.3) is 0 Å². The topological polar surface area (TPSA) is 129 Å². The van der Waals surface area contributed by atoms with Gasteiger partial charge in [-0.3, -0.25) is 9.97 Å². The van der Waals surface area contributed by atoms with Crippen LogP contribution in [0.4, 0.5) is 0 Å². The van der Waals surface area contributed by atoms with Gasteiger partial charge in [0.2, 0.25) is 0 Å². The number of hydrogen-bond acceptors (Lipinski definition) is 10. The highest BCUT2D eigenvalue weighted by Crippen LogP contribution is 2.42. The molecule has 0 unspecified atom stereocenters. The minimum atomic E-state index is 0.591. The molecular formula is C140H96N10. The van der Waals surface area contributed by atoms with E-state index in [9.17, 15) is 0 Å². The molecule has 5 heterocycles. The van der Waals surface area contributed by atoms with Gasteiger partial charge in [0.05, 0.1) is 5.69 Å². The highest BCUT2D eigenvalue weighted by molar-refractivity contribution is 5.89. The van der Waals surface area contributed by atoms with Crippen molar-refractivity contribution < 1.29 is 0 Å². The summed E-state index contributed by atoms with van der Waals surface area (Å²) < 4.78 is 0. The van der Waals surface area contributed by atoms with Gasteiger partial charge in [0, 0.05) is 69.9 Å². The zero-order chi connectivity index (χ0) is 100. The highest BCUT2D eigenvalue weighted by atomic mass is 15.0. The fourth-order valence-corrected chi connectivity index (χ4v) is 19.1. The third kappa shape index (κ3) is 22.0. The molecule has 25 aromatic rings. The fraction of sp³-hybridized carbons (Fsp3) is 0. The lowest BCUT2D eigenvalue weighted by Crippen LogP contribution is -2.00. The Morgan fingerprint density at radius 1 is 0.0933 bits per heavy atom. The zero-order valence-corrected chi connectivity index (χ0v) is 81.9. The van der Waals surface area contributed by atoms with Gasteiger partial charge in [-0.05, 0) is 288 Å². The Bertz CT molecular complexity index is 8400. The molecule has 0 saturated heterocycles. The van der Waals surface area contributed by atoms with Gasteiger partial charge >= 0.3 is 0 Å². The molecule has 150 heavy (non-hydrogen) atoms. The third-order valence-corrected chi connectivity index (χ3v) is 26.9. The van der Waals surface area contributed by atoms with Crippen molar-refractivity contribution in [3.05, 3.63) is 583 Å². The van der Waals surface area contributed by atoms with E-state index in [2.05, 4.69) is 468 Å². The predicted molar refractivity (Wildman–Crippen MR) is 617 cm³/mol. The maximum absolute atomic E-state index is 4.91. The molecule has 0 atom stereocenters. The average Bonchev–Trinajstić information content (AvgIpc) is 0.796. The van der Waals surface area contributed by atoms with Gasteiger partial charge in [-0.25, -0.2) is 39.9 Å². The lowest BCUT2D eigenvalue weighted by molar-refractivity contribution is 1.07. The lowest BCUT2D eigenvalue weighted by atomic mass is 9.92. The van der Waals surface area contributed by atoms with Crippen LogP contribution in [0.15, 0.2) is 583 Å². The summed E-state index contributed by atoms with van der Waals surface area (Å²) in [5, 5.41) is 0. The van der Waals surface area contributed by atoms with E-state index in [1.165, 1.54) is 128 Å². The fourth-order valence-electron chi connectivity index (χ4n) is 19.1. The number of rotatable bonds is 22. The second kappa shape index (κ2) is 44.3. The van der Waals surface area contributed by atoms with E-state index in [0.29, 0.717) is 29.1 Å². The van der Waals surface area contributed by atoms with Crippen LogP contribution in [0.1, 0.15) is 0 Å². The van der Waals surface area contributed by atoms with E-state index < -0.39 is 0 Å². The van der Waals surface area contributed by atoms with Crippen LogP contribution < -0.4 is 0 Å². The molecule has 20 aromatic carbocycles. The molecule has 0 aliphatic carbocycles. The Morgan fingerprint density at radius 3 is 0.533 bits per heavy atom. The van der Waals surface area contributed by atoms with Crippen LogP contribution >= 0.6 is 0 Å². The zero-order valence-electron chi connectivity index (χ0n) is 81.9. The standard InChI is InChI=1S/C49H33N5.C46H32N2.C45H31N3/c1-3-9-34(10-4-1)44-31-45(35-11-5-2-6-12-35)33-46(32-44)37-19-17-36(18-20-37)40-13-7-14-41(29-40)42-15-8-16-43(30-42)49-53-47(38-21-25-50-26-22-38)52-48(54-49)39-23-27-51-28-24-39;1-4-12-33(13-5-1)42-30-43(34-14-6-2-7-15-34)32-44(31-42)36-24-22-35(23-25-36)38-18-10-19-39(28-38)40-20-11-21-41(29-40)45-26-27-47-46(48-45)37-16-8-3-9-17-37;1-4-12-32(13-5-1)41-28-42(33-14-6-2-7-15-33)30-43(29-41)35-24-22-34(23-25-35)37-18-10-19-38(26-37)39-20-11-21-40(27-39)45-47-31-46-44(48-45)36-16-8-3-9-17-36/h1-33H;1-32H;1-31H. The third-order valence-electron chi connectivity index (χ3n) is 26.9. The summed E-state index contributed by atoms with van der Waals surface area (Å²) in [6.07, 6.45) is 10.4. The number of pyridine rings is 2. The van der Waals surface area contributed by atoms with Crippen molar-refractivity contribution >= 4 is 0 Å². The average molecular weight is 1920 g/mol. The molecule has 0 spiro atoms. The van der Waals surface area contributed by atoms with E-state index in [0.717, 1.165) is 89.4 Å². The first kappa shape index (κ1) is 93.4. The van der Waals surface area contributed by atoms with Crippen LogP contribution in [0.3, 0.4) is 0 Å². The molecule has 0 aliphatic heterocycles. The van der Waals surface area contributed by atoms with E-state index in [-0.39, 0.29) is 0 Å². The lowest BCUT2D eigenvalue weighted by Gasteiger charge is -2.12. The van der Waals surface area contributed by atoms with Crippen LogP contribution in [0.5, 0.6) is 0 Å². The molecule has 0 saturated carbocycles. The first-order valence-electron chi connectivity index (χ1n) is 50.2. The maximum atomic E-state index is 4.91. The maximum Gasteiger partial charge on any atom is 0.164 e. The van der Waals surface area contributed by atoms with Gasteiger partial charge in [0.1, 0.15) is 6.33 Å². The summed E-state index contributed by atoms with van der Waals surface area (Å²) in [4.78, 5) is 46.0. The smallest absolute Gasteiger partial charge is 0.164 e. The molecule has 25 rings (SSSR count). The van der Waals surface area contributed by atoms with Crippen molar-refractivity contribution in [2.75, 3.05) is 0 Å². The van der Waals surface area contributed by atoms with Crippen molar-refractivity contribution in [1.82, 2.24) is 49.8 Å². The first-order valence-corrected chi connectivity index (χ1v) is 50.2. The van der Waals surface area contributed by atoms with Crippen molar-refractivity contribution in [2.24, 2.45) is 0 Å². The monoisotopic (exact) mass is 1920 g/mol. The van der Waals surface area contributed by atoms with Crippen LogP contribution in [0.25, 0.3) is 246 Å². The van der Waals surface area contributed by atoms with Crippen molar-refractivity contribution in [3.8, 4) is 246 Å². The summed E-state index contributed by atoms with van der Waals surface area (Å²) in [6.45, 7) is 0. The Kier molecular flexibility index (Phi) is 27.6. The number of nitrogens with zero attached hydrogens (tertiary/aromatic N) is 10. The predicted octanol–water partition coefficient (Wildman–Crippen LogP) is 35.7. The quantitative estimate of drug-likeness (QED) is 0.0647. The number of aromatic nitrogens is 10. The van der Waals surface area contributed by atoms with Crippen molar-refractivity contribution in [1.29, 1.82) is 0 Å². The molecule has 0 aliphatic rings. The summed E-state index contributed by atoms with van der Waals surface area (Å²) in [7, 11) is 0. The minimum Gasteiger partial charge on any atom is -0.265 e. The molecule has 0 radical (unpaired) electrons. The molecular weight excluding hydrogens is 1820 g/mol. The summed E-state index contributed by atoms with van der Waals surface area (Å²) in [5.41, 5.74) is 42.9. The Morgan fingerprint density at radius 2 is 0.260 bits per heavy atom. The van der Waals surface area contributed by atoms with Crippen molar-refractivity contribution in [3.63, 3.8) is 0 Å². The minimum absolute atomic E-state index is 0.591. The molecule has 5 aromatic heterocycles.